The zero-order valence-corrected chi connectivity index (χ0v) is 16.2. The predicted octanol–water partition coefficient (Wildman–Crippen LogP) is 3.73. The number of carbonyl (C=O) groups excluding carboxylic acids is 2. The highest BCUT2D eigenvalue weighted by molar-refractivity contribution is 5.90. The summed E-state index contributed by atoms with van der Waals surface area (Å²) in [5, 5.41) is 2.92. The number of urea groups is 1. The van der Waals surface area contributed by atoms with Crippen LogP contribution in [0.3, 0.4) is 0 Å². The van der Waals surface area contributed by atoms with Crippen molar-refractivity contribution in [3.05, 3.63) is 24.3 Å². The molecular formula is C20H31N3O3. The Morgan fingerprint density at radius 1 is 1.27 bits per heavy atom. The summed E-state index contributed by atoms with van der Waals surface area (Å²) >= 11 is 0. The Bertz CT molecular complexity index is 600. The van der Waals surface area contributed by atoms with E-state index in [2.05, 4.69) is 5.32 Å². The highest BCUT2D eigenvalue weighted by Crippen LogP contribution is 2.18. The number of anilines is 1. The van der Waals surface area contributed by atoms with Crippen molar-refractivity contribution in [2.24, 2.45) is 0 Å². The van der Waals surface area contributed by atoms with Gasteiger partial charge in [-0.2, -0.15) is 0 Å². The first-order chi connectivity index (χ1) is 12.5. The Morgan fingerprint density at radius 3 is 2.65 bits per heavy atom. The second kappa shape index (κ2) is 10.0. The molecule has 0 saturated carbocycles. The van der Waals surface area contributed by atoms with E-state index >= 15 is 0 Å². The smallest absolute Gasteiger partial charge is 0.322 e. The number of carbonyl (C=O) groups is 2. The summed E-state index contributed by atoms with van der Waals surface area (Å²) in [6.45, 7) is 6.18. The van der Waals surface area contributed by atoms with E-state index in [-0.39, 0.29) is 18.0 Å². The Labute approximate surface area is 156 Å². The summed E-state index contributed by atoms with van der Waals surface area (Å²) in [5.41, 5.74) is 0.685. The number of nitrogens with zero attached hydrogens (tertiary/aromatic N) is 2. The zero-order valence-electron chi connectivity index (χ0n) is 16.2. The van der Waals surface area contributed by atoms with Crippen LogP contribution >= 0.6 is 0 Å². The van der Waals surface area contributed by atoms with Gasteiger partial charge < -0.3 is 19.9 Å². The van der Waals surface area contributed by atoms with Gasteiger partial charge >= 0.3 is 6.03 Å². The molecule has 0 aromatic heterocycles. The molecule has 0 bridgehead atoms. The normalized spacial score (nSPS) is 15.3. The fourth-order valence-corrected chi connectivity index (χ4v) is 3.16. The molecule has 1 saturated heterocycles. The maximum Gasteiger partial charge on any atom is 0.322 e. The molecule has 1 N–H and O–H groups in total. The molecule has 1 aromatic carbocycles. The number of hydrogen-bond donors (Lipinski definition) is 1. The van der Waals surface area contributed by atoms with Crippen LogP contribution in [0.1, 0.15) is 46.0 Å². The fraction of sp³-hybridized carbons (Fsp3) is 0.600. The number of ether oxygens (including phenoxy) is 1. The van der Waals surface area contributed by atoms with Gasteiger partial charge in [-0.25, -0.2) is 4.79 Å². The van der Waals surface area contributed by atoms with Crippen LogP contribution in [0.25, 0.3) is 0 Å². The molecule has 6 heteroatoms. The number of rotatable bonds is 7. The number of nitrogens with one attached hydrogen (secondary N) is 1. The minimum absolute atomic E-state index is 0.0646. The quantitative estimate of drug-likeness (QED) is 0.805. The van der Waals surface area contributed by atoms with Crippen LogP contribution in [-0.4, -0.2) is 54.5 Å². The molecule has 1 aliphatic heterocycles. The summed E-state index contributed by atoms with van der Waals surface area (Å²) in [6, 6.07) is 7.16. The third-order valence-electron chi connectivity index (χ3n) is 4.98. The largest absolute Gasteiger partial charge is 0.497 e. The zero-order chi connectivity index (χ0) is 18.9. The molecule has 6 nitrogen and oxygen atoms in total. The van der Waals surface area contributed by atoms with Crippen LogP contribution in [-0.2, 0) is 4.79 Å². The van der Waals surface area contributed by atoms with E-state index < -0.39 is 0 Å². The van der Waals surface area contributed by atoms with E-state index in [1.54, 1.807) is 18.1 Å². The molecular weight excluding hydrogens is 330 g/mol. The summed E-state index contributed by atoms with van der Waals surface area (Å²) in [6.07, 6.45) is 4.57. The number of amides is 3. The van der Waals surface area contributed by atoms with Gasteiger partial charge in [-0.05, 0) is 44.7 Å². The van der Waals surface area contributed by atoms with Gasteiger partial charge in [0.05, 0.1) is 7.11 Å². The Hall–Kier alpha value is -2.24. The number of methoxy groups -OCH3 is 1. The lowest BCUT2D eigenvalue weighted by Crippen LogP contribution is -2.44. The van der Waals surface area contributed by atoms with Crippen molar-refractivity contribution >= 4 is 17.6 Å². The topological polar surface area (TPSA) is 61.9 Å². The number of hydrogen-bond acceptors (Lipinski definition) is 3. The van der Waals surface area contributed by atoms with E-state index in [1.807, 2.05) is 36.9 Å². The van der Waals surface area contributed by atoms with Gasteiger partial charge in [0.2, 0.25) is 5.91 Å². The minimum atomic E-state index is -0.181. The molecule has 3 amide bonds. The molecule has 1 aliphatic rings. The molecule has 1 aromatic rings. The summed E-state index contributed by atoms with van der Waals surface area (Å²) in [7, 11) is 1.60. The standard InChI is InChI=1S/C20H31N3O3/c1-4-16(2)23(14-11-19(24)22-12-6-5-7-13-22)20(25)21-17-9-8-10-18(15-17)26-3/h8-10,15-16H,4-7,11-14H2,1-3H3,(H,21,25). The van der Waals surface area contributed by atoms with Crippen LogP contribution in [0.2, 0.25) is 0 Å². The predicted molar refractivity (Wildman–Crippen MR) is 104 cm³/mol. The third-order valence-corrected chi connectivity index (χ3v) is 4.98. The first kappa shape index (κ1) is 20.1. The molecule has 1 atom stereocenters. The second-order valence-electron chi connectivity index (χ2n) is 6.80. The molecule has 0 radical (unpaired) electrons. The second-order valence-corrected chi connectivity index (χ2v) is 6.80. The molecule has 1 heterocycles. The molecule has 1 fully saturated rings. The van der Waals surface area contributed by atoms with Crippen LogP contribution in [0, 0.1) is 0 Å². The highest BCUT2D eigenvalue weighted by Gasteiger charge is 2.22. The van der Waals surface area contributed by atoms with E-state index in [1.165, 1.54) is 6.42 Å². The van der Waals surface area contributed by atoms with Crippen molar-refractivity contribution in [2.45, 2.75) is 52.0 Å². The van der Waals surface area contributed by atoms with Crippen molar-refractivity contribution in [3.8, 4) is 5.75 Å². The maximum absolute atomic E-state index is 12.8. The number of piperidine rings is 1. The lowest BCUT2D eigenvalue weighted by atomic mass is 10.1. The molecule has 144 valence electrons. The van der Waals surface area contributed by atoms with Crippen LogP contribution < -0.4 is 10.1 Å². The van der Waals surface area contributed by atoms with Gasteiger partial charge in [-0.15, -0.1) is 0 Å². The summed E-state index contributed by atoms with van der Waals surface area (Å²) in [4.78, 5) is 28.9. The van der Waals surface area contributed by atoms with Crippen LogP contribution in [0.4, 0.5) is 10.5 Å². The molecule has 0 spiro atoms. The van der Waals surface area contributed by atoms with Gasteiger partial charge in [0.25, 0.3) is 0 Å². The van der Waals surface area contributed by atoms with Gasteiger partial charge in [0.15, 0.2) is 0 Å². The first-order valence-electron chi connectivity index (χ1n) is 9.54. The van der Waals surface area contributed by atoms with E-state index in [9.17, 15) is 9.59 Å². The molecule has 26 heavy (non-hydrogen) atoms. The molecule has 0 aliphatic carbocycles. The van der Waals surface area contributed by atoms with Gasteiger partial charge in [-0.3, -0.25) is 4.79 Å². The fourth-order valence-electron chi connectivity index (χ4n) is 3.16. The van der Waals surface area contributed by atoms with E-state index in [0.717, 1.165) is 32.4 Å². The van der Waals surface area contributed by atoms with E-state index in [0.29, 0.717) is 24.4 Å². The average molecular weight is 361 g/mol. The summed E-state index contributed by atoms with van der Waals surface area (Å²) < 4.78 is 5.20. The van der Waals surface area contributed by atoms with Crippen molar-refractivity contribution < 1.29 is 14.3 Å². The SMILES string of the molecule is CCC(C)N(CCC(=O)N1CCCCC1)C(=O)Nc1cccc(OC)c1. The van der Waals surface area contributed by atoms with Crippen molar-refractivity contribution in [1.29, 1.82) is 0 Å². The minimum Gasteiger partial charge on any atom is -0.497 e. The Kier molecular flexibility index (Phi) is 7.75. The van der Waals surface area contributed by atoms with Gasteiger partial charge in [0, 0.05) is 43.9 Å². The van der Waals surface area contributed by atoms with Crippen LogP contribution in [0.5, 0.6) is 5.75 Å². The van der Waals surface area contributed by atoms with Crippen molar-refractivity contribution in [2.75, 3.05) is 32.1 Å². The van der Waals surface area contributed by atoms with Crippen LogP contribution in [0.15, 0.2) is 24.3 Å². The lowest BCUT2D eigenvalue weighted by molar-refractivity contribution is -0.132. The number of benzene rings is 1. The number of likely N-dealkylation sites (tertiary alicyclic amines) is 1. The molecule has 1 unspecified atom stereocenters. The van der Waals surface area contributed by atoms with E-state index in [4.69, 9.17) is 4.74 Å². The highest BCUT2D eigenvalue weighted by atomic mass is 16.5. The third kappa shape index (κ3) is 5.64. The average Bonchev–Trinajstić information content (AvgIpc) is 2.68. The Morgan fingerprint density at radius 2 is 2.00 bits per heavy atom. The molecule has 2 rings (SSSR count). The van der Waals surface area contributed by atoms with Crippen molar-refractivity contribution in [3.63, 3.8) is 0 Å². The maximum atomic E-state index is 12.8. The Balaban J connectivity index is 1.96. The van der Waals surface area contributed by atoms with Gasteiger partial charge in [-0.1, -0.05) is 13.0 Å². The first-order valence-corrected chi connectivity index (χ1v) is 9.54. The van der Waals surface area contributed by atoms with Crippen molar-refractivity contribution in [1.82, 2.24) is 9.80 Å². The monoisotopic (exact) mass is 361 g/mol. The van der Waals surface area contributed by atoms with Gasteiger partial charge in [0.1, 0.15) is 5.75 Å². The lowest BCUT2D eigenvalue weighted by Gasteiger charge is -2.31. The summed E-state index contributed by atoms with van der Waals surface area (Å²) in [5.74, 6) is 0.838.